The van der Waals surface area contributed by atoms with Gasteiger partial charge in [-0.2, -0.15) is 9.97 Å². The summed E-state index contributed by atoms with van der Waals surface area (Å²) < 4.78 is 49.1. The number of carbonyl (C=O) groups is 1. The molecule has 12 nitrogen and oxygen atoms in total. The number of carbonyl (C=O) groups excluding carboxylic acids is 1. The Bertz CT molecular complexity index is 1830. The molecule has 248 valence electrons. The van der Waals surface area contributed by atoms with Crippen molar-refractivity contribution in [2.24, 2.45) is 5.41 Å². The standard InChI is InChI=1S/C32H36F2N8O4S/c1-3-23(43)40(2)19-15-42(10-13-45-16-19)29-21-14-36-25(20-4-5-22(33)28-27(20)37-30(35)47-28)24(34)26(21)38-31(39-29)46-18-32(6-7-32)17-41-8-11-44-12-9-41/h3-5,14,19H,1,6-13,15-18H2,2H3,(H2,35,37)/t19-/m1/s1. The number of fused-ring (bicyclic) bond motifs is 2. The Balaban J connectivity index is 1.28. The topological polar surface area (TPSA) is 132 Å². The van der Waals surface area contributed by atoms with Gasteiger partial charge in [-0.15, -0.1) is 0 Å². The van der Waals surface area contributed by atoms with Gasteiger partial charge in [0, 0.05) is 56.9 Å². The zero-order valence-corrected chi connectivity index (χ0v) is 26.9. The summed E-state index contributed by atoms with van der Waals surface area (Å²) in [4.78, 5) is 36.5. The summed E-state index contributed by atoms with van der Waals surface area (Å²) in [5, 5.41) is 0.527. The fraction of sp³-hybridized carbons (Fsp3) is 0.469. The van der Waals surface area contributed by atoms with Gasteiger partial charge in [-0.25, -0.2) is 13.8 Å². The minimum absolute atomic E-state index is 0.00550. The Morgan fingerprint density at radius 1 is 1.17 bits per heavy atom. The highest BCUT2D eigenvalue weighted by Crippen LogP contribution is 2.47. The molecule has 2 N–H and O–H groups in total. The van der Waals surface area contributed by atoms with Crippen molar-refractivity contribution < 1.29 is 27.8 Å². The number of hydrogen-bond acceptors (Lipinski definition) is 12. The van der Waals surface area contributed by atoms with Gasteiger partial charge in [0.25, 0.3) is 0 Å². The quantitative estimate of drug-likeness (QED) is 0.263. The van der Waals surface area contributed by atoms with Gasteiger partial charge in [0.1, 0.15) is 22.8 Å². The Morgan fingerprint density at radius 2 is 1.96 bits per heavy atom. The SMILES string of the molecule is C=CC(=O)N(C)[C@H]1COCCN(c2nc(OCC3(CN4CCOCC4)CC3)nc3c(F)c(-c4ccc(F)c5sc(N)nc45)ncc23)C1. The van der Waals surface area contributed by atoms with E-state index in [0.29, 0.717) is 62.9 Å². The van der Waals surface area contributed by atoms with Crippen LogP contribution in [0.15, 0.2) is 31.0 Å². The molecule has 7 rings (SSSR count). The van der Waals surface area contributed by atoms with E-state index in [1.54, 1.807) is 11.9 Å². The first-order valence-corrected chi connectivity index (χ1v) is 16.4. The number of nitrogens with zero attached hydrogens (tertiary/aromatic N) is 7. The minimum atomic E-state index is -0.716. The van der Waals surface area contributed by atoms with Crippen molar-refractivity contribution in [3.63, 3.8) is 0 Å². The molecule has 1 amide bonds. The lowest BCUT2D eigenvalue weighted by molar-refractivity contribution is -0.127. The molecule has 2 saturated heterocycles. The van der Waals surface area contributed by atoms with E-state index in [-0.39, 0.29) is 49.9 Å². The van der Waals surface area contributed by atoms with Gasteiger partial charge in [-0.1, -0.05) is 17.9 Å². The molecule has 47 heavy (non-hydrogen) atoms. The summed E-state index contributed by atoms with van der Waals surface area (Å²) >= 11 is 0.989. The number of thiazole rings is 1. The molecule has 0 radical (unpaired) electrons. The van der Waals surface area contributed by atoms with Crippen LogP contribution in [0.2, 0.25) is 0 Å². The van der Waals surface area contributed by atoms with Crippen molar-refractivity contribution in [3.8, 4) is 17.3 Å². The predicted octanol–water partition coefficient (Wildman–Crippen LogP) is 3.50. The number of hydrogen-bond donors (Lipinski definition) is 1. The van der Waals surface area contributed by atoms with Crippen LogP contribution in [-0.4, -0.2) is 114 Å². The van der Waals surface area contributed by atoms with Crippen LogP contribution in [0, 0.1) is 17.0 Å². The van der Waals surface area contributed by atoms with Gasteiger partial charge in [-0.3, -0.25) is 14.7 Å². The van der Waals surface area contributed by atoms with Crippen molar-refractivity contribution in [2.45, 2.75) is 18.9 Å². The second-order valence-corrected chi connectivity index (χ2v) is 13.4. The van der Waals surface area contributed by atoms with Crippen molar-refractivity contribution in [1.29, 1.82) is 0 Å². The van der Waals surface area contributed by atoms with Crippen molar-refractivity contribution in [3.05, 3.63) is 42.6 Å². The average Bonchev–Trinajstić information content (AvgIpc) is 3.79. The Morgan fingerprint density at radius 3 is 2.72 bits per heavy atom. The molecule has 1 saturated carbocycles. The third-order valence-corrected chi connectivity index (χ3v) is 10.0. The second kappa shape index (κ2) is 12.9. The highest BCUT2D eigenvalue weighted by Gasteiger charge is 2.45. The minimum Gasteiger partial charge on any atom is -0.463 e. The lowest BCUT2D eigenvalue weighted by Gasteiger charge is -2.31. The van der Waals surface area contributed by atoms with E-state index < -0.39 is 11.6 Å². The third-order valence-electron chi connectivity index (χ3n) is 9.15. The highest BCUT2D eigenvalue weighted by atomic mass is 32.1. The van der Waals surface area contributed by atoms with E-state index in [9.17, 15) is 9.18 Å². The number of aromatic nitrogens is 4. The van der Waals surface area contributed by atoms with Crippen molar-refractivity contribution in [2.75, 3.05) is 83.4 Å². The molecule has 3 fully saturated rings. The van der Waals surface area contributed by atoms with E-state index in [1.807, 2.05) is 4.90 Å². The lowest BCUT2D eigenvalue weighted by atomic mass is 10.1. The molecular formula is C32H36F2N8O4S. The molecule has 1 atom stereocenters. The summed E-state index contributed by atoms with van der Waals surface area (Å²) in [5.41, 5.74) is 6.36. The first-order chi connectivity index (χ1) is 22.7. The zero-order chi connectivity index (χ0) is 32.7. The molecule has 4 aromatic rings. The van der Waals surface area contributed by atoms with Gasteiger partial charge in [0.05, 0.1) is 54.7 Å². The first kappa shape index (κ1) is 31.5. The molecular weight excluding hydrogens is 630 g/mol. The maximum Gasteiger partial charge on any atom is 0.319 e. The number of nitrogen functional groups attached to an aromatic ring is 1. The number of pyridine rings is 1. The second-order valence-electron chi connectivity index (χ2n) is 12.3. The van der Waals surface area contributed by atoms with E-state index in [4.69, 9.17) is 24.9 Å². The first-order valence-electron chi connectivity index (χ1n) is 15.6. The number of benzene rings is 1. The number of ether oxygens (including phenoxy) is 3. The molecule has 0 bridgehead atoms. The third kappa shape index (κ3) is 6.32. The van der Waals surface area contributed by atoms with Crippen LogP contribution in [0.25, 0.3) is 32.4 Å². The molecule has 0 spiro atoms. The number of rotatable bonds is 9. The number of morpholine rings is 1. The number of amides is 1. The number of anilines is 2. The van der Waals surface area contributed by atoms with Crippen LogP contribution >= 0.6 is 11.3 Å². The lowest BCUT2D eigenvalue weighted by Crippen LogP contribution is -2.45. The molecule has 0 unspecified atom stereocenters. The van der Waals surface area contributed by atoms with Gasteiger partial charge < -0.3 is 29.7 Å². The van der Waals surface area contributed by atoms with Crippen LogP contribution in [0.3, 0.4) is 0 Å². The average molecular weight is 667 g/mol. The normalized spacial score (nSPS) is 19.9. The Labute approximate surface area is 274 Å². The number of nitrogens with two attached hydrogens (primary N) is 1. The summed E-state index contributed by atoms with van der Waals surface area (Å²) in [6.45, 7) is 9.53. The molecule has 1 aliphatic carbocycles. The summed E-state index contributed by atoms with van der Waals surface area (Å²) in [7, 11) is 1.69. The fourth-order valence-corrected chi connectivity index (χ4v) is 6.98. The van der Waals surface area contributed by atoms with Gasteiger partial charge in [0.15, 0.2) is 10.9 Å². The van der Waals surface area contributed by atoms with E-state index in [1.165, 1.54) is 24.4 Å². The van der Waals surface area contributed by atoms with Gasteiger partial charge in [0.2, 0.25) is 5.91 Å². The molecule has 3 aliphatic rings. The molecule has 2 aliphatic heterocycles. The highest BCUT2D eigenvalue weighted by molar-refractivity contribution is 7.22. The van der Waals surface area contributed by atoms with Crippen LogP contribution in [0.5, 0.6) is 6.01 Å². The van der Waals surface area contributed by atoms with Gasteiger partial charge in [-0.05, 0) is 31.1 Å². The monoisotopic (exact) mass is 666 g/mol. The van der Waals surface area contributed by atoms with Crippen LogP contribution in [-0.2, 0) is 14.3 Å². The smallest absolute Gasteiger partial charge is 0.319 e. The maximum absolute atomic E-state index is 16.7. The summed E-state index contributed by atoms with van der Waals surface area (Å²) in [6.07, 6.45) is 4.80. The predicted molar refractivity (Wildman–Crippen MR) is 174 cm³/mol. The Kier molecular flexibility index (Phi) is 8.63. The number of halogens is 2. The van der Waals surface area contributed by atoms with E-state index >= 15 is 4.39 Å². The summed E-state index contributed by atoms with van der Waals surface area (Å²) in [5.74, 6) is -1.04. The molecule has 3 aromatic heterocycles. The summed E-state index contributed by atoms with van der Waals surface area (Å²) in [6, 6.07) is 2.42. The Hall–Kier alpha value is -4.05. The van der Waals surface area contributed by atoms with Crippen molar-refractivity contribution >= 4 is 49.3 Å². The van der Waals surface area contributed by atoms with E-state index in [2.05, 4.69) is 26.4 Å². The van der Waals surface area contributed by atoms with Crippen LogP contribution < -0.4 is 15.4 Å². The van der Waals surface area contributed by atoms with Crippen LogP contribution in [0.1, 0.15) is 12.8 Å². The zero-order valence-electron chi connectivity index (χ0n) is 26.1. The van der Waals surface area contributed by atoms with Gasteiger partial charge >= 0.3 is 6.01 Å². The van der Waals surface area contributed by atoms with Crippen LogP contribution in [0.4, 0.5) is 19.7 Å². The number of likely N-dealkylation sites (N-methyl/N-ethyl adjacent to an activating group) is 1. The van der Waals surface area contributed by atoms with Crippen molar-refractivity contribution in [1.82, 2.24) is 29.7 Å². The molecule has 1 aromatic carbocycles. The fourth-order valence-electron chi connectivity index (χ4n) is 6.22. The maximum atomic E-state index is 16.7. The molecule has 15 heteroatoms. The van der Waals surface area contributed by atoms with E-state index in [0.717, 1.165) is 43.8 Å². The molecule has 5 heterocycles. The largest absolute Gasteiger partial charge is 0.463 e.